The van der Waals surface area contributed by atoms with E-state index in [4.69, 9.17) is 4.42 Å². The SMILES string of the molecule is CC(C)c1ocnc1C(=O)N1CCCCCCC1. The predicted molar refractivity (Wildman–Crippen MR) is 69.6 cm³/mol. The first-order valence-electron chi connectivity index (χ1n) is 6.93. The van der Waals surface area contributed by atoms with Crippen molar-refractivity contribution in [1.29, 1.82) is 0 Å². The lowest BCUT2D eigenvalue weighted by molar-refractivity contribution is 0.0734. The number of aromatic nitrogens is 1. The summed E-state index contributed by atoms with van der Waals surface area (Å²) in [4.78, 5) is 18.5. The van der Waals surface area contributed by atoms with Crippen LogP contribution in [0.2, 0.25) is 0 Å². The maximum absolute atomic E-state index is 12.5. The van der Waals surface area contributed by atoms with E-state index in [-0.39, 0.29) is 11.8 Å². The Balaban J connectivity index is 2.11. The Hall–Kier alpha value is -1.32. The van der Waals surface area contributed by atoms with Crippen LogP contribution in [0.5, 0.6) is 0 Å². The summed E-state index contributed by atoms with van der Waals surface area (Å²) < 4.78 is 5.34. The average Bonchev–Trinajstić information content (AvgIpc) is 2.76. The van der Waals surface area contributed by atoms with Crippen molar-refractivity contribution >= 4 is 5.91 Å². The normalized spacial score (nSPS) is 17.6. The third-order valence-electron chi connectivity index (χ3n) is 3.47. The van der Waals surface area contributed by atoms with E-state index in [0.717, 1.165) is 25.9 Å². The van der Waals surface area contributed by atoms with Crippen LogP contribution >= 0.6 is 0 Å². The molecule has 1 saturated heterocycles. The van der Waals surface area contributed by atoms with Gasteiger partial charge in [0.2, 0.25) is 0 Å². The van der Waals surface area contributed by atoms with Crippen molar-refractivity contribution in [2.45, 2.75) is 51.9 Å². The highest BCUT2D eigenvalue weighted by Gasteiger charge is 2.24. The number of hydrogen-bond donors (Lipinski definition) is 0. The van der Waals surface area contributed by atoms with Crippen LogP contribution in [-0.2, 0) is 0 Å². The molecule has 1 aromatic heterocycles. The van der Waals surface area contributed by atoms with Crippen molar-refractivity contribution in [3.05, 3.63) is 17.8 Å². The summed E-state index contributed by atoms with van der Waals surface area (Å²) >= 11 is 0. The molecule has 2 rings (SSSR count). The second kappa shape index (κ2) is 6.03. The molecule has 0 aromatic carbocycles. The number of oxazole rings is 1. The van der Waals surface area contributed by atoms with Crippen LogP contribution < -0.4 is 0 Å². The molecule has 0 N–H and O–H groups in total. The molecule has 1 amide bonds. The van der Waals surface area contributed by atoms with E-state index in [1.165, 1.54) is 25.7 Å². The average molecular weight is 250 g/mol. The molecule has 100 valence electrons. The van der Waals surface area contributed by atoms with Gasteiger partial charge in [-0.15, -0.1) is 0 Å². The molecule has 0 atom stereocenters. The number of carbonyl (C=O) groups is 1. The summed E-state index contributed by atoms with van der Waals surface area (Å²) in [6.45, 7) is 5.74. The summed E-state index contributed by atoms with van der Waals surface area (Å²) in [6.07, 6.45) is 7.32. The van der Waals surface area contributed by atoms with E-state index >= 15 is 0 Å². The first kappa shape index (κ1) is 13.1. The van der Waals surface area contributed by atoms with Gasteiger partial charge in [-0.1, -0.05) is 33.1 Å². The summed E-state index contributed by atoms with van der Waals surface area (Å²) in [6, 6.07) is 0. The van der Waals surface area contributed by atoms with E-state index < -0.39 is 0 Å². The van der Waals surface area contributed by atoms with Crippen LogP contribution in [-0.4, -0.2) is 28.9 Å². The molecular formula is C14H22N2O2. The Kier molecular flexibility index (Phi) is 4.39. The van der Waals surface area contributed by atoms with Gasteiger partial charge in [0.15, 0.2) is 12.1 Å². The molecular weight excluding hydrogens is 228 g/mol. The molecule has 0 bridgehead atoms. The zero-order valence-electron chi connectivity index (χ0n) is 11.3. The predicted octanol–water partition coefficient (Wildman–Crippen LogP) is 3.20. The Morgan fingerprint density at radius 2 is 1.83 bits per heavy atom. The highest BCUT2D eigenvalue weighted by Crippen LogP contribution is 2.21. The smallest absolute Gasteiger partial charge is 0.276 e. The van der Waals surface area contributed by atoms with Crippen molar-refractivity contribution in [3.63, 3.8) is 0 Å². The molecule has 1 aromatic rings. The molecule has 0 saturated carbocycles. The van der Waals surface area contributed by atoms with Gasteiger partial charge in [0.1, 0.15) is 5.76 Å². The summed E-state index contributed by atoms with van der Waals surface area (Å²) in [7, 11) is 0. The van der Waals surface area contributed by atoms with Crippen molar-refractivity contribution in [2.75, 3.05) is 13.1 Å². The molecule has 1 aliphatic heterocycles. The van der Waals surface area contributed by atoms with E-state index in [0.29, 0.717) is 11.5 Å². The summed E-state index contributed by atoms with van der Waals surface area (Å²) in [5.41, 5.74) is 0.505. The standard InChI is InChI=1S/C14H22N2O2/c1-11(2)13-12(15-10-18-13)14(17)16-8-6-4-3-5-7-9-16/h10-11H,3-9H2,1-2H3. The Morgan fingerprint density at radius 3 is 2.44 bits per heavy atom. The Bertz CT molecular complexity index is 390. The minimum atomic E-state index is 0.0364. The highest BCUT2D eigenvalue weighted by molar-refractivity contribution is 5.93. The quantitative estimate of drug-likeness (QED) is 0.809. The molecule has 18 heavy (non-hydrogen) atoms. The first-order chi connectivity index (χ1) is 8.70. The minimum absolute atomic E-state index is 0.0364. The van der Waals surface area contributed by atoms with Crippen LogP contribution in [0.15, 0.2) is 10.8 Å². The molecule has 0 radical (unpaired) electrons. The molecule has 0 aliphatic carbocycles. The maximum atomic E-state index is 12.5. The number of hydrogen-bond acceptors (Lipinski definition) is 3. The third kappa shape index (κ3) is 2.92. The van der Waals surface area contributed by atoms with Crippen molar-refractivity contribution < 1.29 is 9.21 Å². The number of carbonyl (C=O) groups excluding carboxylic acids is 1. The molecule has 0 unspecified atom stereocenters. The van der Waals surface area contributed by atoms with Gasteiger partial charge in [0, 0.05) is 19.0 Å². The molecule has 4 heteroatoms. The number of nitrogens with zero attached hydrogens (tertiary/aromatic N) is 2. The lowest BCUT2D eigenvalue weighted by Gasteiger charge is -2.24. The van der Waals surface area contributed by atoms with Gasteiger partial charge in [-0.3, -0.25) is 4.79 Å². The van der Waals surface area contributed by atoms with Crippen LogP contribution in [0, 0.1) is 0 Å². The van der Waals surface area contributed by atoms with E-state index in [1.807, 2.05) is 18.7 Å². The fourth-order valence-corrected chi connectivity index (χ4v) is 2.43. The lowest BCUT2D eigenvalue weighted by atomic mass is 10.1. The topological polar surface area (TPSA) is 46.3 Å². The largest absolute Gasteiger partial charge is 0.447 e. The van der Waals surface area contributed by atoms with Gasteiger partial charge in [-0.2, -0.15) is 0 Å². The third-order valence-corrected chi connectivity index (χ3v) is 3.47. The van der Waals surface area contributed by atoms with Gasteiger partial charge in [-0.05, 0) is 12.8 Å². The first-order valence-corrected chi connectivity index (χ1v) is 6.93. The minimum Gasteiger partial charge on any atom is -0.447 e. The van der Waals surface area contributed by atoms with Crippen molar-refractivity contribution in [2.24, 2.45) is 0 Å². The fraction of sp³-hybridized carbons (Fsp3) is 0.714. The maximum Gasteiger partial charge on any atom is 0.276 e. The summed E-state index contributed by atoms with van der Waals surface area (Å²) in [5.74, 6) is 0.942. The van der Waals surface area contributed by atoms with Gasteiger partial charge in [0.25, 0.3) is 5.91 Å². The zero-order valence-corrected chi connectivity index (χ0v) is 11.3. The van der Waals surface area contributed by atoms with Crippen molar-refractivity contribution in [3.8, 4) is 0 Å². The number of likely N-dealkylation sites (tertiary alicyclic amines) is 1. The van der Waals surface area contributed by atoms with Crippen LogP contribution in [0.3, 0.4) is 0 Å². The van der Waals surface area contributed by atoms with Gasteiger partial charge >= 0.3 is 0 Å². The Morgan fingerprint density at radius 1 is 1.22 bits per heavy atom. The van der Waals surface area contributed by atoms with Gasteiger partial charge in [0.05, 0.1) is 0 Å². The zero-order chi connectivity index (χ0) is 13.0. The number of amides is 1. The van der Waals surface area contributed by atoms with Gasteiger partial charge < -0.3 is 9.32 Å². The van der Waals surface area contributed by atoms with E-state index in [9.17, 15) is 4.79 Å². The Labute approximate surface area is 108 Å². The van der Waals surface area contributed by atoms with Crippen molar-refractivity contribution in [1.82, 2.24) is 9.88 Å². The van der Waals surface area contributed by atoms with E-state index in [2.05, 4.69) is 4.98 Å². The van der Waals surface area contributed by atoms with Crippen LogP contribution in [0.1, 0.15) is 68.1 Å². The van der Waals surface area contributed by atoms with Gasteiger partial charge in [-0.25, -0.2) is 4.98 Å². The second-order valence-electron chi connectivity index (χ2n) is 5.28. The highest BCUT2D eigenvalue weighted by atomic mass is 16.3. The second-order valence-corrected chi connectivity index (χ2v) is 5.28. The number of rotatable bonds is 2. The monoisotopic (exact) mass is 250 g/mol. The lowest BCUT2D eigenvalue weighted by Crippen LogP contribution is -2.34. The molecule has 1 aliphatic rings. The van der Waals surface area contributed by atoms with Crippen LogP contribution in [0.4, 0.5) is 0 Å². The molecule has 2 heterocycles. The molecule has 4 nitrogen and oxygen atoms in total. The molecule has 0 spiro atoms. The summed E-state index contributed by atoms with van der Waals surface area (Å²) in [5, 5.41) is 0. The van der Waals surface area contributed by atoms with Crippen LogP contribution in [0.25, 0.3) is 0 Å². The van der Waals surface area contributed by atoms with E-state index in [1.54, 1.807) is 0 Å². The molecule has 1 fully saturated rings. The fourth-order valence-electron chi connectivity index (χ4n) is 2.43.